The number of benzene rings is 1. The Labute approximate surface area is 134 Å². The lowest BCUT2D eigenvalue weighted by Gasteiger charge is -2.31. The van der Waals surface area contributed by atoms with E-state index in [1.807, 2.05) is 18.2 Å². The second-order valence-corrected chi connectivity index (χ2v) is 6.19. The fourth-order valence-electron chi connectivity index (χ4n) is 2.77. The molecule has 1 aliphatic heterocycles. The van der Waals surface area contributed by atoms with Crippen molar-refractivity contribution < 1.29 is 13.6 Å². The van der Waals surface area contributed by atoms with Crippen LogP contribution in [-0.2, 0) is 11.3 Å². The Morgan fingerprint density at radius 1 is 1.36 bits per heavy atom. The quantitative estimate of drug-likeness (QED) is 0.867. The summed E-state index contributed by atoms with van der Waals surface area (Å²) in [5.41, 5.74) is 1.18. The molecule has 22 heavy (non-hydrogen) atoms. The fraction of sp³-hybridized carbons (Fsp3) is 0.562. The van der Waals surface area contributed by atoms with Crippen LogP contribution < -0.4 is 5.32 Å². The SMILES string of the molecule is O=C(CC1CCN(Cc2cccc(Cl)c2)CC1)NCC(F)F. The van der Waals surface area contributed by atoms with Crippen LogP contribution in [0.25, 0.3) is 0 Å². The Bertz CT molecular complexity index is 491. The first kappa shape index (κ1) is 17.2. The van der Waals surface area contributed by atoms with Crippen LogP contribution in [0.5, 0.6) is 0 Å². The molecule has 0 spiro atoms. The number of alkyl halides is 2. The van der Waals surface area contributed by atoms with Gasteiger partial charge in [-0.05, 0) is 49.5 Å². The number of carbonyl (C=O) groups excluding carboxylic acids is 1. The average Bonchev–Trinajstić information content (AvgIpc) is 2.47. The van der Waals surface area contributed by atoms with Crippen LogP contribution in [0.1, 0.15) is 24.8 Å². The zero-order valence-corrected chi connectivity index (χ0v) is 13.2. The van der Waals surface area contributed by atoms with Crippen LogP contribution in [0.3, 0.4) is 0 Å². The molecule has 122 valence electrons. The summed E-state index contributed by atoms with van der Waals surface area (Å²) in [7, 11) is 0. The van der Waals surface area contributed by atoms with Crippen molar-refractivity contribution in [1.29, 1.82) is 0 Å². The summed E-state index contributed by atoms with van der Waals surface area (Å²) in [5.74, 6) is 0.0156. The van der Waals surface area contributed by atoms with Gasteiger partial charge in [-0.25, -0.2) is 8.78 Å². The zero-order chi connectivity index (χ0) is 15.9. The molecule has 3 nitrogen and oxygen atoms in total. The van der Waals surface area contributed by atoms with Gasteiger partial charge in [-0.1, -0.05) is 23.7 Å². The smallest absolute Gasteiger partial charge is 0.255 e. The van der Waals surface area contributed by atoms with Crippen molar-refractivity contribution in [2.75, 3.05) is 19.6 Å². The predicted molar refractivity (Wildman–Crippen MR) is 83.1 cm³/mol. The highest BCUT2D eigenvalue weighted by Crippen LogP contribution is 2.22. The lowest BCUT2D eigenvalue weighted by Crippen LogP contribution is -2.36. The summed E-state index contributed by atoms with van der Waals surface area (Å²) >= 11 is 5.98. The number of nitrogens with one attached hydrogen (secondary N) is 1. The number of amides is 1. The van der Waals surface area contributed by atoms with E-state index in [0.29, 0.717) is 6.42 Å². The van der Waals surface area contributed by atoms with E-state index in [1.165, 1.54) is 5.56 Å². The summed E-state index contributed by atoms with van der Waals surface area (Å²) in [5, 5.41) is 3.01. The standard InChI is InChI=1S/C16H21ClF2N2O/c17-14-3-1-2-13(8-14)11-21-6-4-12(5-7-21)9-16(22)20-10-15(18)19/h1-3,8,12,15H,4-7,9-11H2,(H,20,22). The summed E-state index contributed by atoms with van der Waals surface area (Å²) in [4.78, 5) is 13.9. The van der Waals surface area contributed by atoms with Crippen LogP contribution in [0.2, 0.25) is 5.02 Å². The van der Waals surface area contributed by atoms with E-state index in [-0.39, 0.29) is 11.8 Å². The average molecular weight is 331 g/mol. The van der Waals surface area contributed by atoms with Crippen molar-refractivity contribution in [3.05, 3.63) is 34.9 Å². The van der Waals surface area contributed by atoms with E-state index in [2.05, 4.69) is 16.3 Å². The van der Waals surface area contributed by atoms with Gasteiger partial charge in [0, 0.05) is 18.0 Å². The molecule has 0 aromatic heterocycles. The van der Waals surface area contributed by atoms with Crippen LogP contribution in [0.4, 0.5) is 8.78 Å². The maximum atomic E-state index is 12.0. The molecule has 1 fully saturated rings. The summed E-state index contributed by atoms with van der Waals surface area (Å²) in [6.45, 7) is 2.13. The molecule has 1 aromatic rings. The first-order chi connectivity index (χ1) is 10.5. The molecule has 1 heterocycles. The van der Waals surface area contributed by atoms with Gasteiger partial charge in [-0.15, -0.1) is 0 Å². The number of hydrogen-bond acceptors (Lipinski definition) is 2. The molecule has 0 saturated carbocycles. The Kier molecular flexibility index (Phi) is 6.58. The molecule has 0 unspecified atom stereocenters. The lowest BCUT2D eigenvalue weighted by atomic mass is 9.93. The van der Waals surface area contributed by atoms with E-state index < -0.39 is 13.0 Å². The number of nitrogens with zero attached hydrogens (tertiary/aromatic N) is 1. The maximum absolute atomic E-state index is 12.0. The van der Waals surface area contributed by atoms with E-state index >= 15 is 0 Å². The van der Waals surface area contributed by atoms with Crippen molar-refractivity contribution in [3.8, 4) is 0 Å². The molecule has 6 heteroatoms. The highest BCUT2D eigenvalue weighted by molar-refractivity contribution is 6.30. The van der Waals surface area contributed by atoms with Gasteiger partial charge in [-0.3, -0.25) is 9.69 Å². The van der Waals surface area contributed by atoms with Gasteiger partial charge >= 0.3 is 0 Å². The second-order valence-electron chi connectivity index (χ2n) is 5.75. The maximum Gasteiger partial charge on any atom is 0.255 e. The predicted octanol–water partition coefficient (Wildman–Crippen LogP) is 3.32. The number of carbonyl (C=O) groups is 1. The molecule has 1 saturated heterocycles. The molecule has 1 aliphatic rings. The van der Waals surface area contributed by atoms with Gasteiger partial charge < -0.3 is 5.32 Å². The van der Waals surface area contributed by atoms with Crippen molar-refractivity contribution in [3.63, 3.8) is 0 Å². The summed E-state index contributed by atoms with van der Waals surface area (Å²) in [6, 6.07) is 7.81. The molecule has 0 atom stereocenters. The number of piperidine rings is 1. The van der Waals surface area contributed by atoms with Gasteiger partial charge in [0.2, 0.25) is 5.91 Å². The molecular weight excluding hydrogens is 310 g/mol. The zero-order valence-electron chi connectivity index (χ0n) is 12.4. The Morgan fingerprint density at radius 3 is 2.73 bits per heavy atom. The van der Waals surface area contributed by atoms with Crippen molar-refractivity contribution in [2.24, 2.45) is 5.92 Å². The number of likely N-dealkylation sites (tertiary alicyclic amines) is 1. The van der Waals surface area contributed by atoms with Crippen LogP contribution in [0, 0.1) is 5.92 Å². The normalized spacial score (nSPS) is 16.9. The molecular formula is C16H21ClF2N2O. The van der Waals surface area contributed by atoms with Crippen LogP contribution in [0.15, 0.2) is 24.3 Å². The van der Waals surface area contributed by atoms with Crippen molar-refractivity contribution in [1.82, 2.24) is 10.2 Å². The number of halogens is 3. The van der Waals surface area contributed by atoms with E-state index in [9.17, 15) is 13.6 Å². The minimum atomic E-state index is -2.48. The molecule has 1 aromatic carbocycles. The first-order valence-corrected chi connectivity index (χ1v) is 7.92. The minimum absolute atomic E-state index is 0.270. The molecule has 0 bridgehead atoms. The first-order valence-electron chi connectivity index (χ1n) is 7.54. The number of hydrogen-bond donors (Lipinski definition) is 1. The van der Waals surface area contributed by atoms with Gasteiger partial charge in [-0.2, -0.15) is 0 Å². The minimum Gasteiger partial charge on any atom is -0.350 e. The van der Waals surface area contributed by atoms with Crippen LogP contribution >= 0.6 is 11.6 Å². The molecule has 0 radical (unpaired) electrons. The van der Waals surface area contributed by atoms with Gasteiger partial charge in [0.05, 0.1) is 6.54 Å². The van der Waals surface area contributed by atoms with Crippen molar-refractivity contribution >= 4 is 17.5 Å². The van der Waals surface area contributed by atoms with E-state index in [0.717, 1.165) is 37.5 Å². The second kappa shape index (κ2) is 8.44. The fourth-order valence-corrected chi connectivity index (χ4v) is 2.98. The monoisotopic (exact) mass is 330 g/mol. The van der Waals surface area contributed by atoms with Crippen LogP contribution in [-0.4, -0.2) is 36.9 Å². The third kappa shape index (κ3) is 5.89. The van der Waals surface area contributed by atoms with E-state index in [4.69, 9.17) is 11.6 Å². The largest absolute Gasteiger partial charge is 0.350 e. The van der Waals surface area contributed by atoms with E-state index in [1.54, 1.807) is 0 Å². The molecule has 0 aliphatic carbocycles. The van der Waals surface area contributed by atoms with Gasteiger partial charge in [0.1, 0.15) is 0 Å². The molecule has 1 amide bonds. The third-order valence-electron chi connectivity index (χ3n) is 3.93. The molecule has 2 rings (SSSR count). The number of rotatable bonds is 6. The Hall–Kier alpha value is -1.20. The van der Waals surface area contributed by atoms with Crippen molar-refractivity contribution in [2.45, 2.75) is 32.2 Å². The summed E-state index contributed by atoms with van der Waals surface area (Å²) in [6.07, 6.45) is -0.299. The molecule has 1 N–H and O–H groups in total. The Morgan fingerprint density at radius 2 is 2.09 bits per heavy atom. The van der Waals surface area contributed by atoms with Gasteiger partial charge in [0.15, 0.2) is 0 Å². The lowest BCUT2D eigenvalue weighted by molar-refractivity contribution is -0.123. The van der Waals surface area contributed by atoms with Gasteiger partial charge in [0.25, 0.3) is 6.43 Å². The Balaban J connectivity index is 1.70. The third-order valence-corrected chi connectivity index (χ3v) is 4.17. The summed E-state index contributed by atoms with van der Waals surface area (Å²) < 4.78 is 24.1. The highest BCUT2D eigenvalue weighted by atomic mass is 35.5. The highest BCUT2D eigenvalue weighted by Gasteiger charge is 2.21. The topological polar surface area (TPSA) is 32.3 Å².